The van der Waals surface area contributed by atoms with Crippen LogP contribution in [0.25, 0.3) is 10.9 Å². The molecular formula is C19H20N4O5S. The summed E-state index contributed by atoms with van der Waals surface area (Å²) in [6, 6.07) is 10.3. The molecule has 1 aromatic carbocycles. The van der Waals surface area contributed by atoms with Crippen LogP contribution in [0.4, 0.5) is 5.82 Å². The van der Waals surface area contributed by atoms with E-state index in [0.29, 0.717) is 13.1 Å². The third-order valence-corrected chi connectivity index (χ3v) is 6.48. The summed E-state index contributed by atoms with van der Waals surface area (Å²) >= 11 is 0. The van der Waals surface area contributed by atoms with E-state index in [1.165, 1.54) is 22.8 Å². The van der Waals surface area contributed by atoms with E-state index >= 15 is 0 Å². The number of fused-ring (bicyclic) bond motifs is 1. The minimum absolute atomic E-state index is 0.128. The molecule has 1 fully saturated rings. The van der Waals surface area contributed by atoms with Gasteiger partial charge in [0.25, 0.3) is 10.0 Å². The van der Waals surface area contributed by atoms with Gasteiger partial charge < -0.3 is 14.1 Å². The van der Waals surface area contributed by atoms with Crippen LogP contribution in [0.1, 0.15) is 17.5 Å². The summed E-state index contributed by atoms with van der Waals surface area (Å²) < 4.78 is 37.2. The lowest BCUT2D eigenvalue weighted by Gasteiger charge is -2.34. The molecule has 29 heavy (non-hydrogen) atoms. The van der Waals surface area contributed by atoms with Crippen LogP contribution in [0.5, 0.6) is 0 Å². The summed E-state index contributed by atoms with van der Waals surface area (Å²) in [6.07, 6.45) is 1.51. The van der Waals surface area contributed by atoms with E-state index in [2.05, 4.69) is 9.97 Å². The number of sulfonamides is 1. The van der Waals surface area contributed by atoms with Crippen LogP contribution in [0, 0.1) is 0 Å². The Bertz CT molecular complexity index is 1130. The van der Waals surface area contributed by atoms with Gasteiger partial charge in [0.2, 0.25) is 10.9 Å². The van der Waals surface area contributed by atoms with Gasteiger partial charge >= 0.3 is 5.97 Å². The molecule has 4 rings (SSSR count). The summed E-state index contributed by atoms with van der Waals surface area (Å²) in [6.45, 7) is 3.35. The zero-order valence-corrected chi connectivity index (χ0v) is 16.6. The number of hydrogen-bond donors (Lipinski definition) is 0. The number of anilines is 1. The zero-order valence-electron chi connectivity index (χ0n) is 15.8. The maximum atomic E-state index is 12.9. The second kappa shape index (κ2) is 7.80. The van der Waals surface area contributed by atoms with Crippen molar-refractivity contribution in [3.63, 3.8) is 0 Å². The first-order chi connectivity index (χ1) is 14.0. The van der Waals surface area contributed by atoms with Gasteiger partial charge in [0.15, 0.2) is 0 Å². The van der Waals surface area contributed by atoms with Crippen molar-refractivity contribution in [2.45, 2.75) is 12.0 Å². The van der Waals surface area contributed by atoms with Crippen molar-refractivity contribution >= 4 is 32.7 Å². The SMILES string of the molecule is CCOC(=O)c1ccc(S(=O)(=O)N2CCN(c3ncnc4ccccc34)CC2)o1. The number of carbonyl (C=O) groups is 1. The molecule has 0 amide bonds. The lowest BCUT2D eigenvalue weighted by molar-refractivity contribution is 0.0483. The molecule has 0 radical (unpaired) electrons. The van der Waals surface area contributed by atoms with Crippen LogP contribution in [0.3, 0.4) is 0 Å². The fourth-order valence-electron chi connectivity index (χ4n) is 3.28. The van der Waals surface area contributed by atoms with E-state index in [-0.39, 0.29) is 30.5 Å². The van der Waals surface area contributed by atoms with Crippen LogP contribution >= 0.6 is 0 Å². The average Bonchev–Trinajstić information content (AvgIpc) is 3.25. The predicted octanol–water partition coefficient (Wildman–Crippen LogP) is 1.91. The Morgan fingerprint density at radius 3 is 2.62 bits per heavy atom. The minimum atomic E-state index is -3.84. The smallest absolute Gasteiger partial charge is 0.374 e. The van der Waals surface area contributed by atoms with Crippen LogP contribution in [-0.4, -0.2) is 61.4 Å². The van der Waals surface area contributed by atoms with Crippen LogP contribution in [0.2, 0.25) is 0 Å². The third-order valence-electron chi connectivity index (χ3n) is 4.71. The number of piperazine rings is 1. The van der Waals surface area contributed by atoms with Crippen LogP contribution in [-0.2, 0) is 14.8 Å². The predicted molar refractivity (Wildman–Crippen MR) is 105 cm³/mol. The van der Waals surface area contributed by atoms with Gasteiger partial charge in [-0.15, -0.1) is 0 Å². The topological polar surface area (TPSA) is 106 Å². The Morgan fingerprint density at radius 2 is 1.86 bits per heavy atom. The van der Waals surface area contributed by atoms with Gasteiger partial charge in [-0.25, -0.2) is 23.2 Å². The maximum Gasteiger partial charge on any atom is 0.374 e. The van der Waals surface area contributed by atoms with Gasteiger partial charge in [-0.3, -0.25) is 0 Å². The van der Waals surface area contributed by atoms with Gasteiger partial charge in [-0.1, -0.05) is 12.1 Å². The molecule has 0 N–H and O–H groups in total. The first-order valence-corrected chi connectivity index (χ1v) is 10.7. The number of para-hydroxylation sites is 1. The summed E-state index contributed by atoms with van der Waals surface area (Å²) in [5.74, 6) is -0.0267. The Kier molecular flexibility index (Phi) is 5.20. The molecule has 3 heterocycles. The molecule has 0 saturated carbocycles. The Balaban J connectivity index is 1.50. The van der Waals surface area contributed by atoms with Crippen LogP contribution in [0.15, 0.2) is 52.2 Å². The highest BCUT2D eigenvalue weighted by Crippen LogP contribution is 2.26. The molecule has 1 saturated heterocycles. The fraction of sp³-hybridized carbons (Fsp3) is 0.316. The molecular weight excluding hydrogens is 396 g/mol. The number of esters is 1. The third kappa shape index (κ3) is 3.68. The fourth-order valence-corrected chi connectivity index (χ4v) is 4.61. The molecule has 0 atom stereocenters. The first-order valence-electron chi connectivity index (χ1n) is 9.22. The lowest BCUT2D eigenvalue weighted by Crippen LogP contribution is -2.48. The van der Waals surface area contributed by atoms with Crippen molar-refractivity contribution in [1.82, 2.24) is 14.3 Å². The maximum absolute atomic E-state index is 12.9. The molecule has 1 aliphatic heterocycles. The zero-order chi connectivity index (χ0) is 20.4. The first kappa shape index (κ1) is 19.3. The number of aromatic nitrogens is 2. The van der Waals surface area contributed by atoms with Crippen molar-refractivity contribution in [2.75, 3.05) is 37.7 Å². The number of carbonyl (C=O) groups excluding carboxylic acids is 1. The molecule has 10 heteroatoms. The second-order valence-electron chi connectivity index (χ2n) is 6.44. The van der Waals surface area contributed by atoms with Crippen molar-refractivity contribution < 1.29 is 22.4 Å². The monoisotopic (exact) mass is 416 g/mol. The number of rotatable bonds is 5. The molecule has 0 bridgehead atoms. The van der Waals surface area contributed by atoms with Crippen molar-refractivity contribution in [1.29, 1.82) is 0 Å². The van der Waals surface area contributed by atoms with Crippen LogP contribution < -0.4 is 4.90 Å². The normalized spacial score (nSPS) is 15.6. The highest BCUT2D eigenvalue weighted by atomic mass is 32.2. The number of hydrogen-bond acceptors (Lipinski definition) is 8. The summed E-state index contributed by atoms with van der Waals surface area (Å²) in [5.41, 5.74) is 0.842. The Morgan fingerprint density at radius 1 is 1.10 bits per heavy atom. The molecule has 2 aromatic heterocycles. The number of furan rings is 1. The molecule has 0 unspecified atom stereocenters. The van der Waals surface area contributed by atoms with E-state index in [1.54, 1.807) is 6.92 Å². The van der Waals surface area contributed by atoms with Gasteiger partial charge in [-0.2, -0.15) is 4.31 Å². The van der Waals surface area contributed by atoms with Crippen molar-refractivity contribution in [3.05, 3.63) is 48.5 Å². The summed E-state index contributed by atoms with van der Waals surface area (Å²) in [4.78, 5) is 22.4. The molecule has 9 nitrogen and oxygen atoms in total. The number of ether oxygens (including phenoxy) is 1. The van der Waals surface area contributed by atoms with E-state index in [1.807, 2.05) is 29.2 Å². The highest BCUT2D eigenvalue weighted by Gasteiger charge is 2.32. The van der Waals surface area contributed by atoms with E-state index in [9.17, 15) is 13.2 Å². The summed E-state index contributed by atoms with van der Waals surface area (Å²) in [5, 5.41) is 0.665. The number of benzene rings is 1. The quantitative estimate of drug-likeness (QED) is 0.581. The summed E-state index contributed by atoms with van der Waals surface area (Å²) in [7, 11) is -3.84. The average molecular weight is 416 g/mol. The lowest BCUT2D eigenvalue weighted by atomic mass is 10.2. The Hall–Kier alpha value is -2.98. The van der Waals surface area contributed by atoms with E-state index in [0.717, 1.165) is 16.7 Å². The molecule has 0 spiro atoms. The largest absolute Gasteiger partial charge is 0.460 e. The van der Waals surface area contributed by atoms with Gasteiger partial charge in [0.05, 0.1) is 12.1 Å². The van der Waals surface area contributed by atoms with E-state index in [4.69, 9.17) is 9.15 Å². The van der Waals surface area contributed by atoms with Gasteiger partial charge in [-0.05, 0) is 31.2 Å². The van der Waals surface area contributed by atoms with Crippen molar-refractivity contribution in [3.8, 4) is 0 Å². The van der Waals surface area contributed by atoms with Crippen molar-refractivity contribution in [2.24, 2.45) is 0 Å². The molecule has 0 aliphatic carbocycles. The molecule has 1 aliphatic rings. The number of nitrogens with zero attached hydrogens (tertiary/aromatic N) is 4. The molecule has 152 valence electrons. The van der Waals surface area contributed by atoms with Gasteiger partial charge in [0, 0.05) is 31.6 Å². The second-order valence-corrected chi connectivity index (χ2v) is 8.31. The molecule has 3 aromatic rings. The highest BCUT2D eigenvalue weighted by molar-refractivity contribution is 7.89. The van der Waals surface area contributed by atoms with E-state index < -0.39 is 16.0 Å². The standard InChI is InChI=1S/C19H20N4O5S/c1-2-27-19(24)16-7-8-17(28-16)29(25,26)23-11-9-22(10-12-23)18-14-5-3-4-6-15(14)20-13-21-18/h3-8,13H,2,9-12H2,1H3. The minimum Gasteiger partial charge on any atom is -0.460 e. The Labute approximate surface area is 168 Å². The van der Waals surface area contributed by atoms with Gasteiger partial charge in [0.1, 0.15) is 12.1 Å².